The van der Waals surface area contributed by atoms with Crippen LogP contribution < -0.4 is 0 Å². The van der Waals surface area contributed by atoms with Crippen LogP contribution in [0.15, 0.2) is 91.0 Å². The number of carbonyl (C=O) groups excluding carboxylic acids is 4. The molecule has 0 spiro atoms. The van der Waals surface area contributed by atoms with Gasteiger partial charge in [0.25, 0.3) is 0 Å². The van der Waals surface area contributed by atoms with Gasteiger partial charge in [-0.05, 0) is 16.7 Å². The van der Waals surface area contributed by atoms with Crippen molar-refractivity contribution in [3.8, 4) is 0 Å². The van der Waals surface area contributed by atoms with Crippen LogP contribution in [0.1, 0.15) is 44.4 Å². The van der Waals surface area contributed by atoms with Gasteiger partial charge in [0, 0.05) is 27.7 Å². The molecular weight excluding hydrogens is 732 g/mol. The third kappa shape index (κ3) is 12.4. The molecular formula is C41H48O15. The Hall–Kier alpha value is -4.74. The van der Waals surface area contributed by atoms with Crippen LogP contribution >= 0.6 is 0 Å². The summed E-state index contributed by atoms with van der Waals surface area (Å²) in [4.78, 5) is 49.4. The molecule has 0 amide bonds. The minimum atomic E-state index is -1.59. The van der Waals surface area contributed by atoms with Crippen molar-refractivity contribution < 1.29 is 71.7 Å². The van der Waals surface area contributed by atoms with Crippen LogP contribution in [0, 0.1) is 0 Å². The van der Waals surface area contributed by atoms with Crippen molar-refractivity contribution in [2.45, 2.75) is 109 Å². The molecule has 2 saturated heterocycles. The number of aliphatic hydroxyl groups is 1. The normalized spacial score (nSPS) is 27.4. The fourth-order valence-electron chi connectivity index (χ4n) is 6.41. The zero-order valence-corrected chi connectivity index (χ0v) is 31.6. The summed E-state index contributed by atoms with van der Waals surface area (Å²) in [6, 6.07) is 28.0. The monoisotopic (exact) mass is 780 g/mol. The summed E-state index contributed by atoms with van der Waals surface area (Å²) in [7, 11) is 0. The quantitative estimate of drug-likeness (QED) is 0.155. The van der Waals surface area contributed by atoms with Gasteiger partial charge in [-0.25, -0.2) is 0 Å². The topological polar surface area (TPSA) is 181 Å². The lowest BCUT2D eigenvalue weighted by Gasteiger charge is -2.48. The molecule has 302 valence electrons. The number of esters is 4. The largest absolute Gasteiger partial charge is 0.463 e. The van der Waals surface area contributed by atoms with Crippen molar-refractivity contribution in [3.63, 3.8) is 0 Å². The molecule has 3 aromatic carbocycles. The lowest BCUT2D eigenvalue weighted by Crippen LogP contribution is -2.66. The van der Waals surface area contributed by atoms with Crippen molar-refractivity contribution in [2.75, 3.05) is 13.2 Å². The molecule has 0 bridgehead atoms. The summed E-state index contributed by atoms with van der Waals surface area (Å²) in [5.41, 5.74) is 2.49. The molecule has 0 aromatic heterocycles. The van der Waals surface area contributed by atoms with Crippen LogP contribution in [0.4, 0.5) is 0 Å². The van der Waals surface area contributed by atoms with Crippen LogP contribution in [-0.2, 0) is 86.4 Å². The smallest absolute Gasteiger partial charge is 0.303 e. The van der Waals surface area contributed by atoms with Gasteiger partial charge in [-0.2, -0.15) is 0 Å². The molecule has 5 rings (SSSR count). The van der Waals surface area contributed by atoms with Crippen molar-refractivity contribution >= 4 is 23.9 Å². The Morgan fingerprint density at radius 2 is 0.982 bits per heavy atom. The number of benzene rings is 3. The van der Waals surface area contributed by atoms with E-state index >= 15 is 0 Å². The van der Waals surface area contributed by atoms with E-state index in [1.807, 2.05) is 91.0 Å². The van der Waals surface area contributed by atoms with E-state index in [9.17, 15) is 24.3 Å². The second kappa shape index (κ2) is 21.0. The number of rotatable bonds is 17. The molecule has 2 heterocycles. The van der Waals surface area contributed by atoms with Gasteiger partial charge < -0.3 is 52.5 Å². The molecule has 2 aliphatic rings. The minimum Gasteiger partial charge on any atom is -0.463 e. The van der Waals surface area contributed by atoms with E-state index in [0.717, 1.165) is 37.5 Å². The van der Waals surface area contributed by atoms with E-state index < -0.39 is 91.9 Å². The molecule has 10 atom stereocenters. The highest BCUT2D eigenvalue weighted by atomic mass is 16.8. The number of carbonyl (C=O) groups is 4. The van der Waals surface area contributed by atoms with Gasteiger partial charge in [0.05, 0.1) is 26.4 Å². The Labute approximate surface area is 325 Å². The zero-order valence-electron chi connectivity index (χ0n) is 31.6. The van der Waals surface area contributed by atoms with Gasteiger partial charge in [0.1, 0.15) is 37.1 Å². The Morgan fingerprint density at radius 3 is 1.50 bits per heavy atom. The fraction of sp³-hybridized carbons (Fsp3) is 0.463. The summed E-state index contributed by atoms with van der Waals surface area (Å²) in [6.45, 7) is 4.29. The maximum atomic E-state index is 12.6. The number of ether oxygens (including phenoxy) is 10. The zero-order chi connectivity index (χ0) is 40.0. The second-order valence-corrected chi connectivity index (χ2v) is 13.3. The van der Waals surface area contributed by atoms with Crippen molar-refractivity contribution in [1.82, 2.24) is 0 Å². The number of aliphatic hydroxyl groups excluding tert-OH is 1. The molecule has 2 aliphatic heterocycles. The van der Waals surface area contributed by atoms with Crippen LogP contribution in [0.25, 0.3) is 0 Å². The first-order valence-corrected chi connectivity index (χ1v) is 18.2. The standard InChI is InChI=1S/C41H48O15/c1-25(42)48-24-33-35(51-26(2)43)37(52-27(3)44)39(53-28(4)45)41(55-33)56-34-32(23-47-20-29-14-8-5-9-15-29)54-40(46)38(50-22-31-18-12-7-13-19-31)36(34)49-21-30-16-10-6-11-17-30/h5-19,32-41,46H,20-24H2,1-4H3/t32?,33?,34-,35-,36?,37?,38?,39?,40+,41+/m1/s1. The molecule has 0 radical (unpaired) electrons. The third-order valence-electron chi connectivity index (χ3n) is 8.81. The van der Waals surface area contributed by atoms with E-state index in [1.54, 1.807) is 0 Å². The minimum absolute atomic E-state index is 0.0550. The first-order chi connectivity index (χ1) is 27.0. The van der Waals surface area contributed by atoms with Crippen molar-refractivity contribution in [3.05, 3.63) is 108 Å². The van der Waals surface area contributed by atoms with Crippen molar-refractivity contribution in [1.29, 1.82) is 0 Å². The van der Waals surface area contributed by atoms with Crippen LogP contribution in [0.5, 0.6) is 0 Å². The van der Waals surface area contributed by atoms with Crippen LogP contribution in [0.3, 0.4) is 0 Å². The predicted octanol–water partition coefficient (Wildman–Crippen LogP) is 3.56. The first kappa shape index (κ1) is 42.4. The van der Waals surface area contributed by atoms with Gasteiger partial charge in [-0.3, -0.25) is 19.2 Å². The predicted molar refractivity (Wildman–Crippen MR) is 194 cm³/mol. The molecule has 2 fully saturated rings. The van der Waals surface area contributed by atoms with Crippen LogP contribution in [0.2, 0.25) is 0 Å². The lowest BCUT2D eigenvalue weighted by atomic mass is 9.96. The SMILES string of the molecule is CC(=O)OCC1O[C@@H](O[C@@H]2C(COCc3ccccc3)O[C@H](O)C(OCc3ccccc3)C2OCc2ccccc2)C(OC(C)=O)C(OC(C)=O)[C@@H]1OC(C)=O. The van der Waals surface area contributed by atoms with E-state index in [1.165, 1.54) is 6.92 Å². The van der Waals surface area contributed by atoms with Gasteiger partial charge in [0.15, 0.2) is 30.9 Å². The summed E-state index contributed by atoms with van der Waals surface area (Å²) in [5.74, 6) is -3.05. The maximum absolute atomic E-state index is 12.6. The molecule has 6 unspecified atom stereocenters. The highest BCUT2D eigenvalue weighted by Gasteiger charge is 2.56. The molecule has 1 N–H and O–H groups in total. The summed E-state index contributed by atoms with van der Waals surface area (Å²) >= 11 is 0. The van der Waals surface area contributed by atoms with E-state index in [-0.39, 0.29) is 26.4 Å². The maximum Gasteiger partial charge on any atom is 0.303 e. The van der Waals surface area contributed by atoms with E-state index in [0.29, 0.717) is 0 Å². The Kier molecular flexibility index (Phi) is 15.9. The van der Waals surface area contributed by atoms with E-state index in [2.05, 4.69) is 0 Å². The highest BCUT2D eigenvalue weighted by Crippen LogP contribution is 2.35. The fourth-order valence-corrected chi connectivity index (χ4v) is 6.41. The number of hydrogen-bond acceptors (Lipinski definition) is 15. The summed E-state index contributed by atoms with van der Waals surface area (Å²) in [5, 5.41) is 11.5. The molecule has 3 aromatic rings. The third-order valence-corrected chi connectivity index (χ3v) is 8.81. The Bertz CT molecular complexity index is 1690. The van der Waals surface area contributed by atoms with E-state index in [4.69, 9.17) is 47.4 Å². The average molecular weight is 781 g/mol. The lowest BCUT2D eigenvalue weighted by molar-refractivity contribution is -0.365. The first-order valence-electron chi connectivity index (χ1n) is 18.2. The Balaban J connectivity index is 1.54. The van der Waals surface area contributed by atoms with Gasteiger partial charge >= 0.3 is 23.9 Å². The summed E-state index contributed by atoms with van der Waals surface area (Å²) in [6.07, 6.45) is -13.3. The van der Waals surface area contributed by atoms with Crippen molar-refractivity contribution in [2.24, 2.45) is 0 Å². The highest BCUT2D eigenvalue weighted by molar-refractivity contribution is 5.68. The van der Waals surface area contributed by atoms with Gasteiger partial charge in [-0.1, -0.05) is 91.0 Å². The number of hydrogen-bond donors (Lipinski definition) is 1. The van der Waals surface area contributed by atoms with Gasteiger partial charge in [0.2, 0.25) is 0 Å². The second-order valence-electron chi connectivity index (χ2n) is 13.3. The van der Waals surface area contributed by atoms with Crippen LogP contribution in [-0.4, -0.2) is 104 Å². The summed E-state index contributed by atoms with van der Waals surface area (Å²) < 4.78 is 60.2. The molecule has 15 nitrogen and oxygen atoms in total. The molecule has 56 heavy (non-hydrogen) atoms. The van der Waals surface area contributed by atoms with Gasteiger partial charge in [-0.15, -0.1) is 0 Å². The molecule has 0 saturated carbocycles. The molecule has 0 aliphatic carbocycles. The average Bonchev–Trinajstić information content (AvgIpc) is 3.16. The Morgan fingerprint density at radius 1 is 0.518 bits per heavy atom. The molecule has 15 heteroatoms.